The number of hydrogen-bond donors (Lipinski definition) is 2. The molecule has 10 heteroatoms. The van der Waals surface area contributed by atoms with Crippen LogP contribution in [-0.4, -0.2) is 61.4 Å². The van der Waals surface area contributed by atoms with E-state index in [1.54, 1.807) is 21.0 Å². The lowest BCUT2D eigenvalue weighted by atomic mass is 10.2. The molecule has 0 radical (unpaired) electrons. The van der Waals surface area contributed by atoms with Crippen molar-refractivity contribution in [3.05, 3.63) is 29.8 Å². The molecule has 2 N–H and O–H groups in total. The first-order valence-corrected chi connectivity index (χ1v) is 7.62. The Kier molecular flexibility index (Phi) is 5.20. The van der Waals surface area contributed by atoms with E-state index < -0.39 is 17.9 Å². The van der Waals surface area contributed by atoms with Crippen LogP contribution in [0.3, 0.4) is 0 Å². The Hall–Kier alpha value is -3.17. The van der Waals surface area contributed by atoms with Crippen molar-refractivity contribution in [1.29, 1.82) is 0 Å². The number of carboxylic acid groups (broad SMARTS) is 1. The maximum absolute atomic E-state index is 12.5. The van der Waals surface area contributed by atoms with Crippen molar-refractivity contribution < 1.29 is 19.5 Å². The molecule has 0 saturated heterocycles. The van der Waals surface area contributed by atoms with E-state index in [1.807, 2.05) is 6.92 Å². The van der Waals surface area contributed by atoms with Crippen LogP contribution in [0.25, 0.3) is 0 Å². The molecule has 1 unspecified atom stereocenters. The average molecular weight is 348 g/mol. The van der Waals surface area contributed by atoms with Gasteiger partial charge in [-0.15, -0.1) is 0 Å². The third-order valence-electron chi connectivity index (χ3n) is 3.63. The van der Waals surface area contributed by atoms with Gasteiger partial charge in [-0.3, -0.25) is 19.0 Å². The largest absolute Gasteiger partial charge is 0.478 e. The number of carbonyl (C=O) groups excluding carboxylic acids is 2. The van der Waals surface area contributed by atoms with E-state index in [0.29, 0.717) is 12.2 Å². The van der Waals surface area contributed by atoms with E-state index in [2.05, 4.69) is 15.5 Å². The number of rotatable bonds is 6. The van der Waals surface area contributed by atoms with Crippen LogP contribution in [0.5, 0.6) is 0 Å². The van der Waals surface area contributed by atoms with Crippen molar-refractivity contribution >= 4 is 23.5 Å². The molecule has 0 aliphatic rings. The maximum atomic E-state index is 12.5. The summed E-state index contributed by atoms with van der Waals surface area (Å²) in [6, 6.07) is -0.764. The molecule has 0 aliphatic heterocycles. The molecule has 134 valence electrons. The van der Waals surface area contributed by atoms with Crippen LogP contribution in [0.4, 0.5) is 5.69 Å². The van der Waals surface area contributed by atoms with Gasteiger partial charge < -0.3 is 15.3 Å². The minimum absolute atomic E-state index is 0.0121. The highest BCUT2D eigenvalue weighted by molar-refractivity contribution is 6.03. The van der Waals surface area contributed by atoms with Crippen LogP contribution in [0.2, 0.25) is 0 Å². The van der Waals surface area contributed by atoms with Gasteiger partial charge in [0, 0.05) is 26.8 Å². The van der Waals surface area contributed by atoms with Crippen LogP contribution in [0.1, 0.15) is 40.7 Å². The smallest absolute Gasteiger partial charge is 0.338 e. The summed E-state index contributed by atoms with van der Waals surface area (Å²) in [5, 5.41) is 19.6. The van der Waals surface area contributed by atoms with Gasteiger partial charge in [0.25, 0.3) is 5.91 Å². The molecule has 0 bridgehead atoms. The first-order chi connectivity index (χ1) is 11.8. The molecule has 0 spiro atoms. The zero-order valence-electron chi connectivity index (χ0n) is 14.4. The summed E-state index contributed by atoms with van der Waals surface area (Å²) < 4.78 is 2.75. The Morgan fingerprint density at radius 1 is 1.28 bits per heavy atom. The topological polar surface area (TPSA) is 122 Å². The number of anilines is 1. The Bertz CT molecular complexity index is 807. The highest BCUT2D eigenvalue weighted by Crippen LogP contribution is 2.19. The van der Waals surface area contributed by atoms with E-state index in [9.17, 15) is 14.4 Å². The summed E-state index contributed by atoms with van der Waals surface area (Å²) in [5.41, 5.74) is 0.560. The molecular formula is C15H20N6O4. The van der Waals surface area contributed by atoms with Crippen LogP contribution >= 0.6 is 0 Å². The molecular weight excluding hydrogens is 328 g/mol. The first kappa shape index (κ1) is 18.2. The number of hydrogen-bond acceptors (Lipinski definition) is 5. The van der Waals surface area contributed by atoms with Crippen molar-refractivity contribution in [2.45, 2.75) is 26.4 Å². The monoisotopic (exact) mass is 348 g/mol. The SMILES string of the molecule is CCn1ncc(NC(=O)C(C)n2cc(C(=O)O)cn2)c1C(=O)N(C)C. The van der Waals surface area contributed by atoms with Crippen molar-refractivity contribution in [3.8, 4) is 0 Å². The van der Waals surface area contributed by atoms with Crippen molar-refractivity contribution in [3.63, 3.8) is 0 Å². The molecule has 2 amide bonds. The van der Waals surface area contributed by atoms with E-state index >= 15 is 0 Å². The van der Waals surface area contributed by atoms with Crippen LogP contribution < -0.4 is 5.32 Å². The fourth-order valence-electron chi connectivity index (χ4n) is 2.17. The molecule has 25 heavy (non-hydrogen) atoms. The van der Waals surface area contributed by atoms with E-state index in [0.717, 1.165) is 0 Å². The lowest BCUT2D eigenvalue weighted by Crippen LogP contribution is -2.28. The molecule has 0 fully saturated rings. The molecule has 0 saturated carbocycles. The summed E-state index contributed by atoms with van der Waals surface area (Å²) in [6.07, 6.45) is 3.85. The third kappa shape index (κ3) is 3.67. The second-order valence-electron chi connectivity index (χ2n) is 5.60. The fourth-order valence-corrected chi connectivity index (χ4v) is 2.17. The van der Waals surface area contributed by atoms with Crippen molar-refractivity contribution in [2.24, 2.45) is 0 Å². The number of carbonyl (C=O) groups is 3. The molecule has 2 aromatic rings. The molecule has 0 aromatic carbocycles. The second-order valence-corrected chi connectivity index (χ2v) is 5.60. The average Bonchev–Trinajstić information content (AvgIpc) is 3.20. The van der Waals surface area contributed by atoms with E-state index in [-0.39, 0.29) is 17.2 Å². The summed E-state index contributed by atoms with van der Waals surface area (Å²) in [6.45, 7) is 3.89. The summed E-state index contributed by atoms with van der Waals surface area (Å²) in [7, 11) is 3.22. The van der Waals surface area contributed by atoms with Gasteiger partial charge in [0.15, 0.2) is 0 Å². The van der Waals surface area contributed by atoms with Crippen molar-refractivity contribution in [2.75, 3.05) is 19.4 Å². The number of aromatic carboxylic acids is 1. The van der Waals surface area contributed by atoms with Gasteiger partial charge in [-0.25, -0.2) is 4.79 Å². The molecule has 2 aromatic heterocycles. The maximum Gasteiger partial charge on any atom is 0.338 e. The molecule has 2 rings (SSSR count). The van der Waals surface area contributed by atoms with Crippen LogP contribution in [0, 0.1) is 0 Å². The molecule has 1 atom stereocenters. The minimum Gasteiger partial charge on any atom is -0.478 e. The number of aryl methyl sites for hydroxylation is 1. The Balaban J connectivity index is 2.23. The first-order valence-electron chi connectivity index (χ1n) is 7.62. The van der Waals surface area contributed by atoms with Gasteiger partial charge in [-0.05, 0) is 13.8 Å². The normalized spacial score (nSPS) is 11.8. The van der Waals surface area contributed by atoms with Gasteiger partial charge in [0.1, 0.15) is 11.7 Å². The number of carboxylic acids is 1. The van der Waals surface area contributed by atoms with Crippen LogP contribution in [-0.2, 0) is 11.3 Å². The fraction of sp³-hybridized carbons (Fsp3) is 0.400. The predicted octanol–water partition coefficient (Wildman–Crippen LogP) is 0.699. The van der Waals surface area contributed by atoms with Crippen molar-refractivity contribution in [1.82, 2.24) is 24.5 Å². The highest BCUT2D eigenvalue weighted by Gasteiger charge is 2.24. The van der Waals surface area contributed by atoms with Gasteiger partial charge in [-0.1, -0.05) is 0 Å². The van der Waals surface area contributed by atoms with E-state index in [1.165, 1.54) is 32.9 Å². The highest BCUT2D eigenvalue weighted by atomic mass is 16.4. The summed E-state index contributed by atoms with van der Waals surface area (Å²) in [5.74, 6) is -1.85. The van der Waals surface area contributed by atoms with Gasteiger partial charge >= 0.3 is 5.97 Å². The minimum atomic E-state index is -1.12. The number of aromatic nitrogens is 4. The zero-order chi connectivity index (χ0) is 18.7. The Morgan fingerprint density at radius 2 is 1.96 bits per heavy atom. The quantitative estimate of drug-likeness (QED) is 0.792. The molecule has 0 aliphatic carbocycles. The lowest BCUT2D eigenvalue weighted by molar-refractivity contribution is -0.119. The standard InChI is InChI=1S/C15H20N6O4/c1-5-20-12(14(23)19(3)4)11(7-17-20)18-13(22)9(2)21-8-10(6-16-21)15(24)25/h6-9H,5H2,1-4H3,(H,18,22)(H,24,25). The van der Waals surface area contributed by atoms with Gasteiger partial charge in [0.2, 0.25) is 5.91 Å². The summed E-state index contributed by atoms with van der Waals surface area (Å²) >= 11 is 0. The van der Waals surface area contributed by atoms with Gasteiger partial charge in [-0.2, -0.15) is 10.2 Å². The number of nitrogens with one attached hydrogen (secondary N) is 1. The second kappa shape index (κ2) is 7.16. The van der Waals surface area contributed by atoms with Gasteiger partial charge in [0.05, 0.1) is 23.6 Å². The van der Waals surface area contributed by atoms with E-state index in [4.69, 9.17) is 5.11 Å². The molecule has 2 heterocycles. The lowest BCUT2D eigenvalue weighted by Gasteiger charge is -2.15. The molecule has 10 nitrogen and oxygen atoms in total. The Morgan fingerprint density at radius 3 is 2.48 bits per heavy atom. The number of amides is 2. The van der Waals surface area contributed by atoms with Crippen LogP contribution in [0.15, 0.2) is 18.6 Å². The summed E-state index contributed by atoms with van der Waals surface area (Å²) in [4.78, 5) is 37.1. The Labute approximate surface area is 144 Å². The zero-order valence-corrected chi connectivity index (χ0v) is 14.4. The predicted molar refractivity (Wildman–Crippen MR) is 88.4 cm³/mol. The third-order valence-corrected chi connectivity index (χ3v) is 3.63. The number of nitrogens with zero attached hydrogens (tertiary/aromatic N) is 5.